The molecule has 0 bridgehead atoms. The first-order valence-electron chi connectivity index (χ1n) is 8.61. The molecule has 2 N–H and O–H groups in total. The van der Waals surface area contributed by atoms with Gasteiger partial charge in [-0.25, -0.2) is 10.2 Å². The van der Waals surface area contributed by atoms with Crippen LogP contribution in [0.3, 0.4) is 0 Å². The summed E-state index contributed by atoms with van der Waals surface area (Å²) in [5, 5.41) is 14.3. The lowest BCUT2D eigenvalue weighted by atomic mass is 10.1. The lowest BCUT2D eigenvalue weighted by molar-refractivity contribution is 0.474. The fraction of sp³-hybridized carbons (Fsp3) is 0.263. The average molecular weight is 382 g/mol. The predicted octanol–water partition coefficient (Wildman–Crippen LogP) is 1.55. The highest BCUT2D eigenvalue weighted by Gasteiger charge is 2.19. The number of aromatic hydroxyl groups is 1. The van der Waals surface area contributed by atoms with Gasteiger partial charge in [-0.2, -0.15) is 10.1 Å². The number of aromatic nitrogens is 4. The van der Waals surface area contributed by atoms with Crippen molar-refractivity contribution in [3.63, 3.8) is 0 Å². The van der Waals surface area contributed by atoms with Crippen molar-refractivity contribution in [2.75, 3.05) is 5.43 Å². The maximum absolute atomic E-state index is 12.7. The number of rotatable bonds is 5. The number of hydrogen-bond donors (Lipinski definition) is 2. The topological polar surface area (TPSA) is 106 Å². The molecule has 3 rings (SSSR count). The molecule has 0 atom stereocenters. The number of aryl methyl sites for hydroxylation is 1. The number of phenolic OH excluding ortho intramolecular Hbond substituents is 1. The first kappa shape index (κ1) is 19.2. The van der Waals surface area contributed by atoms with Crippen LogP contribution in [0.4, 0.5) is 5.95 Å². The molecule has 2 aromatic heterocycles. The van der Waals surface area contributed by atoms with E-state index in [1.807, 2.05) is 6.92 Å². The van der Waals surface area contributed by atoms with E-state index in [9.17, 15) is 14.7 Å². The maximum atomic E-state index is 12.7. The van der Waals surface area contributed by atoms with Crippen LogP contribution < -0.4 is 16.7 Å². The summed E-state index contributed by atoms with van der Waals surface area (Å²) in [4.78, 5) is 29.3. The van der Waals surface area contributed by atoms with Crippen LogP contribution in [0.1, 0.15) is 19.4 Å². The van der Waals surface area contributed by atoms with Crippen molar-refractivity contribution in [2.24, 2.45) is 19.2 Å². The Morgan fingerprint density at radius 3 is 2.54 bits per heavy atom. The zero-order valence-corrected chi connectivity index (χ0v) is 16.2. The predicted molar refractivity (Wildman–Crippen MR) is 109 cm³/mol. The van der Waals surface area contributed by atoms with Gasteiger partial charge < -0.3 is 5.11 Å². The van der Waals surface area contributed by atoms with E-state index in [0.29, 0.717) is 23.8 Å². The molecule has 146 valence electrons. The van der Waals surface area contributed by atoms with Crippen molar-refractivity contribution in [1.29, 1.82) is 0 Å². The van der Waals surface area contributed by atoms with E-state index in [4.69, 9.17) is 0 Å². The van der Waals surface area contributed by atoms with Gasteiger partial charge in [0.2, 0.25) is 5.95 Å². The van der Waals surface area contributed by atoms with Gasteiger partial charge in [-0.15, -0.1) is 0 Å². The van der Waals surface area contributed by atoms with E-state index in [-0.39, 0.29) is 16.9 Å². The summed E-state index contributed by atoms with van der Waals surface area (Å²) in [6.07, 6.45) is 0. The summed E-state index contributed by atoms with van der Waals surface area (Å²) >= 11 is 0. The lowest BCUT2D eigenvalue weighted by Crippen LogP contribution is -2.37. The molecule has 9 heteroatoms. The van der Waals surface area contributed by atoms with Crippen LogP contribution in [0.15, 0.2) is 51.1 Å². The molecule has 0 saturated carbocycles. The van der Waals surface area contributed by atoms with Crippen LogP contribution in [-0.2, 0) is 20.6 Å². The molecule has 0 aliphatic rings. The summed E-state index contributed by atoms with van der Waals surface area (Å²) < 4.78 is 4.00. The third kappa shape index (κ3) is 3.22. The van der Waals surface area contributed by atoms with E-state index >= 15 is 0 Å². The first-order chi connectivity index (χ1) is 13.2. The van der Waals surface area contributed by atoms with E-state index < -0.39 is 11.2 Å². The molecule has 9 nitrogen and oxygen atoms in total. The van der Waals surface area contributed by atoms with Crippen molar-refractivity contribution >= 4 is 22.8 Å². The molecular weight excluding hydrogens is 360 g/mol. The number of nitrogens with one attached hydrogen (secondary N) is 1. The molecule has 0 radical (unpaired) electrons. The highest BCUT2D eigenvalue weighted by atomic mass is 16.3. The number of nitrogens with zero attached hydrogens (tertiary/aromatic N) is 5. The zero-order valence-electron chi connectivity index (χ0n) is 16.2. The summed E-state index contributed by atoms with van der Waals surface area (Å²) in [6.45, 7) is 7.80. The van der Waals surface area contributed by atoms with E-state index in [1.54, 1.807) is 42.8 Å². The molecule has 2 heterocycles. The largest absolute Gasteiger partial charge is 0.507 e. The van der Waals surface area contributed by atoms with Gasteiger partial charge in [0.05, 0.1) is 5.71 Å². The second-order valence-corrected chi connectivity index (χ2v) is 6.68. The third-order valence-corrected chi connectivity index (χ3v) is 4.39. The minimum atomic E-state index is -0.460. The summed E-state index contributed by atoms with van der Waals surface area (Å²) in [5.41, 5.74) is 4.40. The quantitative estimate of drug-likeness (QED) is 0.396. The molecule has 0 aliphatic heterocycles. The number of benzene rings is 1. The van der Waals surface area contributed by atoms with E-state index in [2.05, 4.69) is 22.1 Å². The van der Waals surface area contributed by atoms with Gasteiger partial charge in [0.1, 0.15) is 5.75 Å². The van der Waals surface area contributed by atoms with Crippen LogP contribution in [0.2, 0.25) is 0 Å². The van der Waals surface area contributed by atoms with Crippen LogP contribution in [-0.4, -0.2) is 29.5 Å². The van der Waals surface area contributed by atoms with Gasteiger partial charge in [-0.05, 0) is 26.0 Å². The Bertz CT molecular complexity index is 1230. The normalized spacial score (nSPS) is 11.8. The van der Waals surface area contributed by atoms with Gasteiger partial charge in [-0.1, -0.05) is 24.3 Å². The Kier molecular flexibility index (Phi) is 4.91. The SMILES string of the molecule is C=C(C)Cn1c(N/N=C(/C)c2ccccc2O)nc2c1c(=O)n(C)c(=O)n2C. The smallest absolute Gasteiger partial charge is 0.332 e. The van der Waals surface area contributed by atoms with Gasteiger partial charge in [-0.3, -0.25) is 18.5 Å². The van der Waals surface area contributed by atoms with Crippen LogP contribution in [0, 0.1) is 0 Å². The zero-order chi connectivity index (χ0) is 20.6. The van der Waals surface area contributed by atoms with Gasteiger partial charge in [0, 0.05) is 26.2 Å². The number of para-hydroxylation sites is 1. The van der Waals surface area contributed by atoms with Gasteiger partial charge in [0.25, 0.3) is 5.56 Å². The minimum absolute atomic E-state index is 0.109. The maximum Gasteiger partial charge on any atom is 0.332 e. The Morgan fingerprint density at radius 1 is 1.21 bits per heavy atom. The highest BCUT2D eigenvalue weighted by Crippen LogP contribution is 2.19. The Hall–Kier alpha value is -3.62. The molecule has 0 unspecified atom stereocenters. The van der Waals surface area contributed by atoms with Crippen LogP contribution >= 0.6 is 0 Å². The second kappa shape index (κ2) is 7.18. The third-order valence-electron chi connectivity index (χ3n) is 4.39. The molecular formula is C19H22N6O3. The number of hydrogen-bond acceptors (Lipinski definition) is 6. The van der Waals surface area contributed by atoms with Gasteiger partial charge in [0.15, 0.2) is 11.2 Å². The van der Waals surface area contributed by atoms with Crippen LogP contribution in [0.25, 0.3) is 11.2 Å². The summed E-state index contributed by atoms with van der Waals surface area (Å²) in [7, 11) is 2.98. The molecule has 0 spiro atoms. The Balaban J connectivity index is 2.17. The fourth-order valence-electron chi connectivity index (χ4n) is 2.93. The Labute approximate surface area is 160 Å². The van der Waals surface area contributed by atoms with Crippen molar-refractivity contribution in [3.05, 3.63) is 62.8 Å². The standard InChI is InChI=1S/C19H22N6O3/c1-11(2)10-25-15-16(23(4)19(28)24(5)17(15)27)20-18(25)22-21-12(3)13-8-6-7-9-14(13)26/h6-9,26H,1,10H2,2-5H3,(H,20,22)/b21-12-. The Morgan fingerprint density at radius 2 is 1.89 bits per heavy atom. The average Bonchev–Trinajstić information content (AvgIpc) is 3.01. The molecule has 3 aromatic rings. The number of imidazole rings is 1. The lowest BCUT2D eigenvalue weighted by Gasteiger charge is -2.09. The van der Waals surface area contributed by atoms with E-state index in [0.717, 1.165) is 10.1 Å². The molecule has 0 fully saturated rings. The second-order valence-electron chi connectivity index (χ2n) is 6.68. The van der Waals surface area contributed by atoms with Crippen molar-refractivity contribution in [3.8, 4) is 5.75 Å². The highest BCUT2D eigenvalue weighted by molar-refractivity contribution is 6.01. The number of anilines is 1. The van der Waals surface area contributed by atoms with Crippen molar-refractivity contribution in [2.45, 2.75) is 20.4 Å². The number of phenols is 1. The fourth-order valence-corrected chi connectivity index (χ4v) is 2.93. The molecule has 1 aromatic carbocycles. The van der Waals surface area contributed by atoms with E-state index in [1.165, 1.54) is 11.6 Å². The molecule has 0 amide bonds. The molecule has 28 heavy (non-hydrogen) atoms. The molecule has 0 aliphatic carbocycles. The monoisotopic (exact) mass is 382 g/mol. The number of allylic oxidation sites excluding steroid dienone is 1. The summed E-state index contributed by atoms with van der Waals surface area (Å²) in [5.74, 6) is 0.406. The minimum Gasteiger partial charge on any atom is -0.507 e. The van der Waals surface area contributed by atoms with Gasteiger partial charge >= 0.3 is 5.69 Å². The first-order valence-corrected chi connectivity index (χ1v) is 8.61. The van der Waals surface area contributed by atoms with Crippen LogP contribution in [0.5, 0.6) is 5.75 Å². The molecule has 0 saturated heterocycles. The van der Waals surface area contributed by atoms with Crippen molar-refractivity contribution in [1.82, 2.24) is 18.7 Å². The number of fused-ring (bicyclic) bond motifs is 1. The number of hydrazone groups is 1. The summed E-state index contributed by atoms with van der Waals surface area (Å²) in [6, 6.07) is 6.84. The van der Waals surface area contributed by atoms with Crippen molar-refractivity contribution < 1.29 is 5.11 Å².